The molecule has 0 radical (unpaired) electrons. The highest BCUT2D eigenvalue weighted by Crippen LogP contribution is 2.44. The zero-order valence-corrected chi connectivity index (χ0v) is 30.6. The Morgan fingerprint density at radius 3 is 1.48 bits per heavy atom. The first-order valence-electron chi connectivity index (χ1n) is 20.1. The van der Waals surface area contributed by atoms with Gasteiger partial charge in [-0.1, -0.05) is 58.1 Å². The van der Waals surface area contributed by atoms with Gasteiger partial charge in [-0.05, 0) is 111 Å². The number of allylic oxidation sites excluding steroid dienone is 2. The Labute approximate surface area is 283 Å². The Morgan fingerprint density at radius 1 is 0.543 bits per heavy atom. The Morgan fingerprint density at radius 2 is 0.978 bits per heavy atom. The summed E-state index contributed by atoms with van der Waals surface area (Å²) in [4.78, 5) is 0. The smallest absolute Gasteiger partial charge is 0.0445 e. The lowest BCUT2D eigenvalue weighted by Crippen LogP contribution is -2.68. The first-order chi connectivity index (χ1) is 22.2. The molecule has 6 heteroatoms. The summed E-state index contributed by atoms with van der Waals surface area (Å²) in [5.74, 6) is 0. The van der Waals surface area contributed by atoms with Crippen LogP contribution in [0.4, 0.5) is 0 Å². The maximum atomic E-state index is 4.35. The van der Waals surface area contributed by atoms with E-state index in [0.717, 1.165) is 0 Å². The molecule has 5 fully saturated rings. The van der Waals surface area contributed by atoms with E-state index in [1.165, 1.54) is 115 Å². The third-order valence-electron chi connectivity index (χ3n) is 14.0. The van der Waals surface area contributed by atoms with Crippen molar-refractivity contribution in [3.8, 4) is 0 Å². The van der Waals surface area contributed by atoms with Crippen LogP contribution in [0.3, 0.4) is 0 Å². The molecule has 0 aromatic heterocycles. The van der Waals surface area contributed by atoms with Crippen molar-refractivity contribution in [3.05, 3.63) is 23.9 Å². The molecule has 0 bridgehead atoms. The van der Waals surface area contributed by atoms with Gasteiger partial charge in [-0.15, -0.1) is 0 Å². The van der Waals surface area contributed by atoms with Crippen molar-refractivity contribution in [3.63, 3.8) is 0 Å². The van der Waals surface area contributed by atoms with Crippen LogP contribution in [-0.2, 0) is 0 Å². The maximum Gasteiger partial charge on any atom is 0.0445 e. The molecule has 0 spiro atoms. The highest BCUT2D eigenvalue weighted by atomic mass is 15.1. The van der Waals surface area contributed by atoms with Gasteiger partial charge in [0.25, 0.3) is 0 Å². The Balaban J connectivity index is 1.12. The van der Waals surface area contributed by atoms with Gasteiger partial charge in [0.1, 0.15) is 0 Å². The van der Waals surface area contributed by atoms with Gasteiger partial charge in [0, 0.05) is 83.0 Å². The van der Waals surface area contributed by atoms with E-state index in [0.29, 0.717) is 66.5 Å². The average molecular weight is 637 g/mol. The molecule has 0 aromatic carbocycles. The third-order valence-corrected chi connectivity index (χ3v) is 14.0. The van der Waals surface area contributed by atoms with Crippen LogP contribution in [0.15, 0.2) is 23.9 Å². The molecule has 11 unspecified atom stereocenters. The molecule has 6 aliphatic rings. The summed E-state index contributed by atoms with van der Waals surface area (Å²) in [7, 11) is 0. The summed E-state index contributed by atoms with van der Waals surface area (Å²) < 4.78 is 0. The lowest BCUT2D eigenvalue weighted by Gasteiger charge is -2.55. The molecule has 0 saturated carbocycles. The third kappa shape index (κ3) is 7.62. The van der Waals surface area contributed by atoms with Gasteiger partial charge in [-0.25, -0.2) is 0 Å². The summed E-state index contributed by atoms with van der Waals surface area (Å²) in [6.07, 6.45) is 29.5. The van der Waals surface area contributed by atoms with Crippen molar-refractivity contribution in [2.24, 2.45) is 10.8 Å². The van der Waals surface area contributed by atoms with E-state index in [4.69, 9.17) is 0 Å². The van der Waals surface area contributed by atoms with Gasteiger partial charge in [0.15, 0.2) is 0 Å². The molecule has 0 amide bonds. The summed E-state index contributed by atoms with van der Waals surface area (Å²) >= 11 is 0. The van der Waals surface area contributed by atoms with E-state index in [1.807, 2.05) is 0 Å². The van der Waals surface area contributed by atoms with Crippen LogP contribution in [-0.4, -0.2) is 66.5 Å². The first-order valence-corrected chi connectivity index (χ1v) is 20.1. The summed E-state index contributed by atoms with van der Waals surface area (Å²) in [5, 5.41) is 24.9. The highest BCUT2D eigenvalue weighted by Gasteiger charge is 2.50. The minimum Gasteiger partial charge on any atom is -0.382 e. The monoisotopic (exact) mass is 637 g/mol. The van der Waals surface area contributed by atoms with Gasteiger partial charge in [-0.3, -0.25) is 0 Å². The highest BCUT2D eigenvalue weighted by molar-refractivity contribution is 5.29. The number of rotatable bonds is 9. The van der Waals surface area contributed by atoms with Crippen LogP contribution >= 0.6 is 0 Å². The van der Waals surface area contributed by atoms with Crippen LogP contribution in [0.5, 0.6) is 0 Å². The molecule has 46 heavy (non-hydrogen) atoms. The van der Waals surface area contributed by atoms with E-state index in [-0.39, 0.29) is 10.8 Å². The molecule has 262 valence electrons. The van der Waals surface area contributed by atoms with E-state index < -0.39 is 0 Å². The summed E-state index contributed by atoms with van der Waals surface area (Å²) in [6.45, 7) is 14.8. The lowest BCUT2D eigenvalue weighted by molar-refractivity contribution is 0.0260. The average Bonchev–Trinajstić information content (AvgIpc) is 3.07. The van der Waals surface area contributed by atoms with Gasteiger partial charge < -0.3 is 31.9 Å². The zero-order chi connectivity index (χ0) is 32.3. The molecular weight excluding hydrogens is 564 g/mol. The minimum atomic E-state index is 0.0661. The number of dihydropyridines is 1. The molecule has 0 aliphatic carbocycles. The summed E-state index contributed by atoms with van der Waals surface area (Å²) in [5.41, 5.74) is 1.77. The van der Waals surface area contributed by atoms with Gasteiger partial charge in [0.05, 0.1) is 0 Å². The van der Waals surface area contributed by atoms with Gasteiger partial charge >= 0.3 is 0 Å². The van der Waals surface area contributed by atoms with Crippen molar-refractivity contribution >= 4 is 0 Å². The normalized spacial score (nSPS) is 43.5. The van der Waals surface area contributed by atoms with Crippen LogP contribution in [0.2, 0.25) is 0 Å². The molecule has 0 aromatic rings. The topological polar surface area (TPSA) is 72.2 Å². The van der Waals surface area contributed by atoms with Crippen LogP contribution in [0.25, 0.3) is 0 Å². The maximum absolute atomic E-state index is 4.35. The number of hydrogen-bond donors (Lipinski definition) is 6. The Hall–Kier alpha value is -0.920. The fraction of sp³-hybridized carbons (Fsp3) is 0.900. The minimum absolute atomic E-state index is 0.0661. The molecule has 6 heterocycles. The first kappa shape index (κ1) is 34.9. The zero-order valence-electron chi connectivity index (χ0n) is 30.6. The fourth-order valence-electron chi connectivity index (χ4n) is 11.0. The van der Waals surface area contributed by atoms with Crippen molar-refractivity contribution in [2.75, 3.05) is 0 Å². The van der Waals surface area contributed by atoms with Crippen molar-refractivity contribution in [1.29, 1.82) is 0 Å². The molecular formula is C40H72N6. The SMILES string of the molecule is CC1CCCC(C(C)(C2=CC=CC(CCC3CCCC(C(C)(C4CCCC(C)N4)C4CCCC(C)N4)N3)N2)C2CCCC(C)N2)N1. The quantitative estimate of drug-likeness (QED) is 0.167. The predicted octanol–water partition coefficient (Wildman–Crippen LogP) is 6.82. The molecule has 5 saturated heterocycles. The van der Waals surface area contributed by atoms with Crippen molar-refractivity contribution in [1.82, 2.24) is 31.9 Å². The van der Waals surface area contributed by atoms with E-state index in [1.54, 1.807) is 0 Å². The lowest BCUT2D eigenvalue weighted by atomic mass is 9.63. The molecule has 6 aliphatic heterocycles. The molecule has 6 N–H and O–H groups in total. The second kappa shape index (κ2) is 15.3. The molecule has 6 nitrogen and oxygen atoms in total. The van der Waals surface area contributed by atoms with E-state index in [2.05, 4.69) is 91.7 Å². The predicted molar refractivity (Wildman–Crippen MR) is 195 cm³/mol. The van der Waals surface area contributed by atoms with Gasteiger partial charge in [0.2, 0.25) is 0 Å². The molecule has 11 atom stereocenters. The molecule has 6 rings (SSSR count). The Bertz CT molecular complexity index is 995. The van der Waals surface area contributed by atoms with E-state index >= 15 is 0 Å². The Kier molecular flexibility index (Phi) is 11.6. The second-order valence-electron chi connectivity index (χ2n) is 17.5. The van der Waals surface area contributed by atoms with Crippen molar-refractivity contribution < 1.29 is 0 Å². The standard InChI is InChI=1S/C40H72N6/c1-27-13-7-19-33(41-27)39(5,34-20-8-14-28(2)42-34)37-23-11-17-31(45-37)25-26-32-18-12-24-38(46-32)40(6,35-21-9-15-29(3)43-35)36-22-10-16-30(4)44-36/h11,17,23,27-36,38,41-46H,7-10,12-16,18-22,24-26H2,1-6H3. The van der Waals surface area contributed by atoms with E-state index in [9.17, 15) is 0 Å². The number of hydrogen-bond acceptors (Lipinski definition) is 6. The van der Waals surface area contributed by atoms with Crippen LogP contribution < -0.4 is 31.9 Å². The second-order valence-corrected chi connectivity index (χ2v) is 17.5. The number of piperidine rings is 5. The largest absolute Gasteiger partial charge is 0.382 e. The van der Waals surface area contributed by atoms with Gasteiger partial charge in [-0.2, -0.15) is 0 Å². The van der Waals surface area contributed by atoms with Crippen molar-refractivity contribution in [2.45, 2.75) is 217 Å². The van der Waals surface area contributed by atoms with Crippen LogP contribution in [0.1, 0.15) is 151 Å². The van der Waals surface area contributed by atoms with Crippen LogP contribution in [0, 0.1) is 10.8 Å². The fourth-order valence-corrected chi connectivity index (χ4v) is 11.0. The summed E-state index contributed by atoms with van der Waals surface area (Å²) in [6, 6.07) is 6.27. The number of nitrogens with one attached hydrogen (secondary N) is 6.